The zero-order valence-electron chi connectivity index (χ0n) is 6.13. The summed E-state index contributed by atoms with van der Waals surface area (Å²) in [6.07, 6.45) is 0. The van der Waals surface area contributed by atoms with Crippen LogP contribution >= 0.6 is 0 Å². The molecule has 4 radical (unpaired) electrons. The zero-order chi connectivity index (χ0) is 8.43. The fourth-order valence-electron chi connectivity index (χ4n) is 0.747. The second-order valence-corrected chi connectivity index (χ2v) is 2.21. The third-order valence-corrected chi connectivity index (χ3v) is 1.40. The Morgan fingerprint density at radius 2 is 2.18 bits per heavy atom. The average Bonchev–Trinajstić information content (AvgIpc) is 1.99. The smallest absolute Gasteiger partial charge is 0.270 e. The van der Waals surface area contributed by atoms with Crippen molar-refractivity contribution in [2.24, 2.45) is 0 Å². The minimum absolute atomic E-state index is 0.232. The van der Waals surface area contributed by atoms with E-state index in [2.05, 4.69) is 9.83 Å². The van der Waals surface area contributed by atoms with Gasteiger partial charge in [-0.2, -0.15) is 0 Å². The van der Waals surface area contributed by atoms with Gasteiger partial charge in [0.2, 0.25) is 0 Å². The lowest BCUT2D eigenvalue weighted by atomic mass is 10.1. The minimum Gasteiger partial charge on any atom is -0.361 e. The number of pyridine rings is 1. The highest BCUT2D eigenvalue weighted by Crippen LogP contribution is 2.16. The minimum atomic E-state index is 0.232. The van der Waals surface area contributed by atoms with Crippen LogP contribution < -0.4 is 0 Å². The highest BCUT2D eigenvalue weighted by atomic mass is 14.9. The summed E-state index contributed by atoms with van der Waals surface area (Å²) in [5.41, 5.74) is 1.48. The number of hydrogen-bond donors (Lipinski definition) is 0. The molecule has 0 aliphatic rings. The van der Waals surface area contributed by atoms with E-state index in [1.54, 1.807) is 13.0 Å². The molecule has 1 aromatic heterocycles. The van der Waals surface area contributed by atoms with E-state index in [0.29, 0.717) is 5.56 Å². The maximum atomic E-state index is 6.67. The Labute approximate surface area is 66.7 Å². The standard InChI is InChI=1S/C9H6N2/c1-6-5-9(10-4)11-8(3)7(6)2/h2-3,5H,1H3. The predicted molar refractivity (Wildman–Crippen MR) is 42.0 cm³/mol. The van der Waals surface area contributed by atoms with E-state index in [9.17, 15) is 0 Å². The molecule has 2 heteroatoms. The third-order valence-electron chi connectivity index (χ3n) is 1.40. The van der Waals surface area contributed by atoms with Gasteiger partial charge in [-0.15, -0.1) is 4.98 Å². The van der Waals surface area contributed by atoms with Crippen molar-refractivity contribution >= 4 is 5.82 Å². The quantitative estimate of drug-likeness (QED) is 0.507. The summed E-state index contributed by atoms with van der Waals surface area (Å²) in [7, 11) is 0. The monoisotopic (exact) mass is 142 g/mol. The Morgan fingerprint density at radius 3 is 2.64 bits per heavy atom. The number of aromatic nitrogens is 1. The zero-order valence-corrected chi connectivity index (χ0v) is 6.13. The van der Waals surface area contributed by atoms with Gasteiger partial charge in [0.25, 0.3) is 5.82 Å². The van der Waals surface area contributed by atoms with Crippen molar-refractivity contribution in [1.82, 2.24) is 4.98 Å². The largest absolute Gasteiger partial charge is 0.361 e. The van der Waals surface area contributed by atoms with Gasteiger partial charge < -0.3 is 4.85 Å². The van der Waals surface area contributed by atoms with Crippen LogP contribution in [-0.2, 0) is 0 Å². The molecule has 0 atom stereocenters. The van der Waals surface area contributed by atoms with Crippen LogP contribution in [0.2, 0.25) is 0 Å². The SMILES string of the molecule is [C-]#[N+]c1cc(C)c([CH])c([CH])n1. The van der Waals surface area contributed by atoms with Gasteiger partial charge in [-0.25, -0.2) is 0 Å². The molecule has 52 valence electrons. The second-order valence-electron chi connectivity index (χ2n) is 2.21. The van der Waals surface area contributed by atoms with Gasteiger partial charge in [0.05, 0.1) is 0 Å². The Bertz CT molecular complexity index is 298. The van der Waals surface area contributed by atoms with Crippen LogP contribution in [-0.4, -0.2) is 4.98 Å². The molecule has 11 heavy (non-hydrogen) atoms. The highest BCUT2D eigenvalue weighted by molar-refractivity contribution is 5.46. The van der Waals surface area contributed by atoms with Gasteiger partial charge in [-0.3, -0.25) is 0 Å². The summed E-state index contributed by atoms with van der Waals surface area (Å²) in [5.74, 6) is 0.286. The average molecular weight is 142 g/mol. The summed E-state index contributed by atoms with van der Waals surface area (Å²) in [6.45, 7) is 19.4. The molecular formula is C9H6N2. The molecule has 2 nitrogen and oxygen atoms in total. The topological polar surface area (TPSA) is 17.2 Å². The lowest BCUT2D eigenvalue weighted by Crippen LogP contribution is -1.89. The normalized spacial score (nSPS) is 9.27. The van der Waals surface area contributed by atoms with Crippen molar-refractivity contribution in [3.8, 4) is 0 Å². The summed E-state index contributed by atoms with van der Waals surface area (Å²) in [6, 6.07) is 1.61. The fraction of sp³-hybridized carbons (Fsp3) is 0.111. The van der Waals surface area contributed by atoms with Crippen molar-refractivity contribution in [3.63, 3.8) is 0 Å². The van der Waals surface area contributed by atoms with Gasteiger partial charge >= 0.3 is 0 Å². The van der Waals surface area contributed by atoms with Gasteiger partial charge in [0.1, 0.15) is 5.69 Å². The number of aryl methyl sites for hydroxylation is 1. The van der Waals surface area contributed by atoms with Crippen LogP contribution in [0.4, 0.5) is 5.82 Å². The molecule has 0 saturated carbocycles. The molecule has 0 aliphatic heterocycles. The lowest BCUT2D eigenvalue weighted by Gasteiger charge is -1.99. The molecule has 1 heterocycles. The van der Waals surface area contributed by atoms with Gasteiger partial charge in [-0.05, 0) is 13.0 Å². The molecule has 0 N–H and O–H groups in total. The maximum Gasteiger partial charge on any atom is 0.270 e. The predicted octanol–water partition coefficient (Wildman–Crippen LogP) is 2.06. The first-order valence-electron chi connectivity index (χ1n) is 3.05. The number of nitrogens with zero attached hydrogens (tertiary/aromatic N) is 2. The van der Waals surface area contributed by atoms with E-state index in [-0.39, 0.29) is 11.5 Å². The van der Waals surface area contributed by atoms with Crippen LogP contribution in [0, 0.1) is 27.3 Å². The molecule has 0 unspecified atom stereocenters. The Hall–Kier alpha value is -1.36. The van der Waals surface area contributed by atoms with Gasteiger partial charge in [0, 0.05) is 19.4 Å². The molecule has 0 spiro atoms. The van der Waals surface area contributed by atoms with Crippen LogP contribution in [0.25, 0.3) is 4.85 Å². The summed E-state index contributed by atoms with van der Waals surface area (Å²) < 4.78 is 0. The van der Waals surface area contributed by atoms with Crippen molar-refractivity contribution in [2.45, 2.75) is 6.92 Å². The molecule has 0 bridgehead atoms. The van der Waals surface area contributed by atoms with E-state index >= 15 is 0 Å². The highest BCUT2D eigenvalue weighted by Gasteiger charge is 2.03. The van der Waals surface area contributed by atoms with Crippen LogP contribution in [0.15, 0.2) is 6.07 Å². The molecule has 0 amide bonds. The molecule has 0 fully saturated rings. The number of rotatable bonds is 0. The fourth-order valence-corrected chi connectivity index (χ4v) is 0.747. The molecule has 0 aromatic carbocycles. The van der Waals surface area contributed by atoms with E-state index in [4.69, 9.17) is 20.4 Å². The maximum absolute atomic E-state index is 6.67. The van der Waals surface area contributed by atoms with Crippen LogP contribution in [0.1, 0.15) is 16.8 Å². The van der Waals surface area contributed by atoms with E-state index < -0.39 is 0 Å². The van der Waals surface area contributed by atoms with Crippen LogP contribution in [0.3, 0.4) is 0 Å². The van der Waals surface area contributed by atoms with Crippen LogP contribution in [0.5, 0.6) is 0 Å². The Balaban J connectivity index is 3.35. The molecule has 0 saturated heterocycles. The van der Waals surface area contributed by atoms with E-state index in [0.717, 1.165) is 5.56 Å². The second kappa shape index (κ2) is 2.71. The lowest BCUT2D eigenvalue weighted by molar-refractivity contribution is 1.22. The molecule has 1 rings (SSSR count). The van der Waals surface area contributed by atoms with Gasteiger partial charge in [0.15, 0.2) is 0 Å². The van der Waals surface area contributed by atoms with E-state index in [1.807, 2.05) is 0 Å². The first kappa shape index (κ1) is 7.74. The summed E-state index contributed by atoms with van der Waals surface area (Å²) in [5, 5.41) is 0. The first-order valence-corrected chi connectivity index (χ1v) is 3.05. The Kier molecular flexibility index (Phi) is 1.91. The van der Waals surface area contributed by atoms with Crippen molar-refractivity contribution in [3.05, 3.63) is 48.2 Å². The summed E-state index contributed by atoms with van der Waals surface area (Å²) in [4.78, 5) is 6.89. The van der Waals surface area contributed by atoms with Gasteiger partial charge in [-0.1, -0.05) is 12.1 Å². The first-order chi connectivity index (χ1) is 5.15. The molecule has 1 aromatic rings. The molecular weight excluding hydrogens is 136 g/mol. The summed E-state index contributed by atoms with van der Waals surface area (Å²) >= 11 is 0. The Morgan fingerprint density at radius 1 is 1.55 bits per heavy atom. The van der Waals surface area contributed by atoms with Crippen molar-refractivity contribution in [2.75, 3.05) is 0 Å². The third kappa shape index (κ3) is 1.38. The number of hydrogen-bond acceptors (Lipinski definition) is 1. The molecule has 0 aliphatic carbocycles. The van der Waals surface area contributed by atoms with Crippen molar-refractivity contribution < 1.29 is 0 Å². The van der Waals surface area contributed by atoms with Crippen molar-refractivity contribution in [1.29, 1.82) is 0 Å². The van der Waals surface area contributed by atoms with E-state index in [1.165, 1.54) is 0 Å².